The fraction of sp³-hybridized carbons (Fsp3) is 0.0556. The van der Waals surface area contributed by atoms with Gasteiger partial charge in [-0.15, -0.1) is 11.6 Å². The lowest BCUT2D eigenvalue weighted by Gasteiger charge is -2.13. The third-order valence-electron chi connectivity index (χ3n) is 3.04. The highest BCUT2D eigenvalue weighted by atomic mass is 35.5. The first kappa shape index (κ1) is 17.5. The molecule has 0 aromatic heterocycles. The third kappa shape index (κ3) is 3.57. The summed E-state index contributed by atoms with van der Waals surface area (Å²) in [5.41, 5.74) is 3.87. The lowest BCUT2D eigenvalue weighted by atomic mass is 9.96. The van der Waals surface area contributed by atoms with E-state index in [1.54, 1.807) is 18.2 Å². The average Bonchev–Trinajstić information content (AvgIpc) is 2.57. The fourth-order valence-electron chi connectivity index (χ4n) is 2.08. The van der Waals surface area contributed by atoms with Gasteiger partial charge >= 0.3 is 0 Å². The molecule has 0 atom stereocenters. The molecule has 3 nitrogen and oxygen atoms in total. The molecule has 0 aliphatic rings. The minimum absolute atomic E-state index is 0.0666. The maximum atomic E-state index is 5.67. The second kappa shape index (κ2) is 8.70. The van der Waals surface area contributed by atoms with E-state index in [1.807, 2.05) is 18.2 Å². The van der Waals surface area contributed by atoms with Gasteiger partial charge in [0.2, 0.25) is 0 Å². The Morgan fingerprint density at radius 3 is 2.27 bits per heavy atom. The average molecular weight is 312 g/mol. The summed E-state index contributed by atoms with van der Waals surface area (Å²) in [6.45, 7) is 18.6. The number of nitrogens with zero attached hydrogens (tertiary/aromatic N) is 3. The Kier molecular flexibility index (Phi) is 6.93. The van der Waals surface area contributed by atoms with Crippen LogP contribution >= 0.6 is 11.6 Å². The van der Waals surface area contributed by atoms with Crippen LogP contribution in [-0.2, 0) is 0 Å². The molecule has 22 heavy (non-hydrogen) atoms. The van der Waals surface area contributed by atoms with E-state index in [-0.39, 0.29) is 6.00 Å². The van der Waals surface area contributed by atoms with Crippen LogP contribution < -0.4 is 0 Å². The minimum Gasteiger partial charge on any atom is -0.263 e. The Morgan fingerprint density at radius 2 is 1.82 bits per heavy atom. The zero-order valence-corrected chi connectivity index (χ0v) is 13.2. The Labute approximate surface area is 136 Å². The van der Waals surface area contributed by atoms with E-state index in [2.05, 4.69) is 48.1 Å². The summed E-state index contributed by atoms with van der Waals surface area (Å²) in [7, 11) is 0. The lowest BCUT2D eigenvalue weighted by Crippen LogP contribution is -2.02. The Bertz CT molecular complexity index is 682. The first-order valence-corrected chi connectivity index (χ1v) is 7.01. The van der Waals surface area contributed by atoms with Crippen molar-refractivity contribution in [2.75, 3.05) is 6.00 Å². The number of hydrogen-bond donors (Lipinski definition) is 0. The number of rotatable bonds is 7. The number of hydrogen-bond acceptors (Lipinski definition) is 2. The topological polar surface area (TPSA) is 37.1 Å². The standard InChI is InChI=1S/C18H18ClN3/c1-6-13-10-9-11-16(14(13)7-2)17(20-4)15(8-3)18(21-5)22-12-19/h6-11H,1-5,12H2/b17-15-,22-18+. The molecule has 0 aliphatic carbocycles. The smallest absolute Gasteiger partial charge is 0.157 e. The van der Waals surface area contributed by atoms with Crippen LogP contribution in [0.1, 0.15) is 16.7 Å². The van der Waals surface area contributed by atoms with Crippen molar-refractivity contribution in [1.82, 2.24) is 0 Å². The van der Waals surface area contributed by atoms with Crippen molar-refractivity contribution in [2.24, 2.45) is 15.0 Å². The van der Waals surface area contributed by atoms with Crippen molar-refractivity contribution in [3.05, 3.63) is 66.3 Å². The van der Waals surface area contributed by atoms with Crippen molar-refractivity contribution in [3.63, 3.8) is 0 Å². The molecule has 0 spiro atoms. The van der Waals surface area contributed by atoms with Crippen LogP contribution in [0.4, 0.5) is 0 Å². The molecule has 1 rings (SSSR count). The minimum atomic E-state index is 0.0666. The molecule has 0 heterocycles. The summed E-state index contributed by atoms with van der Waals surface area (Å²) in [5.74, 6) is 0.367. The zero-order chi connectivity index (χ0) is 16.5. The normalized spacial score (nSPS) is 12.1. The van der Waals surface area contributed by atoms with Gasteiger partial charge < -0.3 is 0 Å². The highest BCUT2D eigenvalue weighted by molar-refractivity contribution is 6.19. The van der Waals surface area contributed by atoms with Gasteiger partial charge in [0.1, 0.15) is 6.00 Å². The molecule has 0 bridgehead atoms. The van der Waals surface area contributed by atoms with Crippen LogP contribution in [0.2, 0.25) is 0 Å². The highest BCUT2D eigenvalue weighted by Gasteiger charge is 2.14. The van der Waals surface area contributed by atoms with Gasteiger partial charge in [-0.25, -0.2) is 9.98 Å². The molecule has 0 aliphatic heterocycles. The molecule has 0 saturated heterocycles. The van der Waals surface area contributed by atoms with Crippen LogP contribution in [0.5, 0.6) is 0 Å². The van der Waals surface area contributed by atoms with Crippen molar-refractivity contribution >= 4 is 48.7 Å². The molecule has 0 saturated carbocycles. The van der Waals surface area contributed by atoms with Crippen LogP contribution in [-0.4, -0.2) is 25.3 Å². The Balaban J connectivity index is 3.77. The summed E-state index contributed by atoms with van der Waals surface area (Å²) >= 11 is 5.67. The predicted molar refractivity (Wildman–Crippen MR) is 101 cm³/mol. The molecule has 0 unspecified atom stereocenters. The summed E-state index contributed by atoms with van der Waals surface area (Å²) in [6.07, 6.45) is 5.11. The largest absolute Gasteiger partial charge is 0.263 e. The van der Waals surface area contributed by atoms with Gasteiger partial charge in [0.25, 0.3) is 0 Å². The van der Waals surface area contributed by atoms with E-state index < -0.39 is 0 Å². The van der Waals surface area contributed by atoms with Crippen LogP contribution in [0.25, 0.3) is 17.8 Å². The van der Waals surface area contributed by atoms with E-state index in [1.165, 1.54) is 0 Å². The number of halogens is 1. The van der Waals surface area contributed by atoms with Gasteiger partial charge in [0.05, 0.1) is 5.70 Å². The van der Waals surface area contributed by atoms with Gasteiger partial charge in [-0.2, -0.15) is 0 Å². The van der Waals surface area contributed by atoms with Gasteiger partial charge in [0, 0.05) is 11.1 Å². The number of aliphatic imine (C=N–C) groups is 3. The van der Waals surface area contributed by atoms with E-state index in [4.69, 9.17) is 11.6 Å². The van der Waals surface area contributed by atoms with Crippen molar-refractivity contribution in [2.45, 2.75) is 0 Å². The van der Waals surface area contributed by atoms with Crippen molar-refractivity contribution in [1.29, 1.82) is 0 Å². The molecule has 1 aromatic rings. The molecular formula is C18H18ClN3. The second-order valence-corrected chi connectivity index (χ2v) is 4.34. The number of benzene rings is 1. The van der Waals surface area contributed by atoms with E-state index in [0.29, 0.717) is 17.1 Å². The Morgan fingerprint density at radius 1 is 1.09 bits per heavy atom. The van der Waals surface area contributed by atoms with E-state index in [0.717, 1.165) is 16.7 Å². The van der Waals surface area contributed by atoms with E-state index in [9.17, 15) is 0 Å². The molecular weight excluding hydrogens is 294 g/mol. The van der Waals surface area contributed by atoms with Crippen LogP contribution in [0, 0.1) is 0 Å². The summed E-state index contributed by atoms with van der Waals surface area (Å²) in [4.78, 5) is 12.1. The number of alkyl halides is 1. The second-order valence-electron chi connectivity index (χ2n) is 4.10. The van der Waals surface area contributed by atoms with Gasteiger partial charge in [-0.3, -0.25) is 4.99 Å². The monoisotopic (exact) mass is 311 g/mol. The maximum Gasteiger partial charge on any atom is 0.157 e. The zero-order valence-electron chi connectivity index (χ0n) is 12.4. The first-order chi connectivity index (χ1) is 10.7. The molecule has 112 valence electrons. The summed E-state index contributed by atoms with van der Waals surface area (Å²) < 4.78 is 0. The quantitative estimate of drug-likeness (QED) is 0.227. The molecule has 0 fully saturated rings. The first-order valence-electron chi connectivity index (χ1n) is 6.47. The lowest BCUT2D eigenvalue weighted by molar-refractivity contribution is 1.33. The predicted octanol–water partition coefficient (Wildman–Crippen LogP) is 4.87. The Hall–Kier alpha value is -2.52. The SMILES string of the molecule is C=CC(=C(/N=C)c1cccc(C=C)c1C=C)/C(N=C)=N\CCl. The third-order valence-corrected chi connectivity index (χ3v) is 3.16. The molecule has 0 radical (unpaired) electrons. The number of amidine groups is 1. The van der Waals surface area contributed by atoms with Crippen LogP contribution in [0.15, 0.2) is 64.6 Å². The van der Waals surface area contributed by atoms with Crippen LogP contribution in [0.3, 0.4) is 0 Å². The molecule has 0 amide bonds. The summed E-state index contributed by atoms with van der Waals surface area (Å²) in [5, 5.41) is 0. The highest BCUT2D eigenvalue weighted by Crippen LogP contribution is 2.28. The van der Waals surface area contributed by atoms with Gasteiger partial charge in [0.15, 0.2) is 5.84 Å². The van der Waals surface area contributed by atoms with E-state index >= 15 is 0 Å². The van der Waals surface area contributed by atoms with Gasteiger partial charge in [-0.05, 0) is 24.6 Å². The molecule has 0 N–H and O–H groups in total. The van der Waals surface area contributed by atoms with Crippen molar-refractivity contribution < 1.29 is 0 Å². The fourth-order valence-corrected chi connectivity index (χ4v) is 2.19. The van der Waals surface area contributed by atoms with Gasteiger partial charge in [-0.1, -0.05) is 56.2 Å². The molecule has 4 heteroatoms. The molecule has 1 aromatic carbocycles. The maximum absolute atomic E-state index is 5.67. The summed E-state index contributed by atoms with van der Waals surface area (Å²) in [6, 6.07) is 5.84. The van der Waals surface area contributed by atoms with Crippen molar-refractivity contribution in [3.8, 4) is 0 Å².